The number of ketones is 1. The lowest BCUT2D eigenvalue weighted by molar-refractivity contribution is -0.214. The van der Waals surface area contributed by atoms with Gasteiger partial charge in [-0.1, -0.05) is 20.8 Å². The maximum absolute atomic E-state index is 12.1. The van der Waals surface area contributed by atoms with Crippen LogP contribution in [0, 0.1) is 52.3 Å². The summed E-state index contributed by atoms with van der Waals surface area (Å²) in [6.45, 7) is 6.92. The molecule has 4 nitrogen and oxygen atoms in total. The van der Waals surface area contributed by atoms with E-state index in [1.165, 1.54) is 6.42 Å². The van der Waals surface area contributed by atoms with Crippen LogP contribution in [-0.4, -0.2) is 39.4 Å². The smallest absolute Gasteiger partial charge is 0.135 e. The van der Waals surface area contributed by atoms with Crippen molar-refractivity contribution in [2.45, 2.75) is 83.8 Å². The van der Waals surface area contributed by atoms with Gasteiger partial charge in [0.1, 0.15) is 5.78 Å². The van der Waals surface area contributed by atoms with Gasteiger partial charge in [0.05, 0.1) is 11.7 Å². The van der Waals surface area contributed by atoms with Crippen LogP contribution in [-0.2, 0) is 4.79 Å². The molecular formula is C24H38O4. The number of carbonyl (C=O) groups is 1. The van der Waals surface area contributed by atoms with E-state index in [1.807, 2.05) is 6.92 Å². The molecule has 0 spiro atoms. The summed E-state index contributed by atoms with van der Waals surface area (Å²) in [5, 5.41) is 30.4. The Labute approximate surface area is 169 Å². The van der Waals surface area contributed by atoms with E-state index in [0.717, 1.165) is 38.0 Å². The summed E-state index contributed by atoms with van der Waals surface area (Å²) in [5.74, 6) is 4.49. The molecular weight excluding hydrogens is 352 g/mol. The zero-order chi connectivity index (χ0) is 20.1. The van der Waals surface area contributed by atoms with E-state index in [4.69, 9.17) is 5.11 Å². The first-order valence-corrected chi connectivity index (χ1v) is 11.8. The molecule has 0 heterocycles. The highest BCUT2D eigenvalue weighted by Gasteiger charge is 2.78. The zero-order valence-corrected chi connectivity index (χ0v) is 17.7. The van der Waals surface area contributed by atoms with Crippen molar-refractivity contribution in [3.8, 4) is 0 Å². The molecule has 28 heavy (non-hydrogen) atoms. The van der Waals surface area contributed by atoms with Crippen molar-refractivity contribution in [1.29, 1.82) is 0 Å². The van der Waals surface area contributed by atoms with Gasteiger partial charge in [-0.3, -0.25) is 4.79 Å². The molecule has 11 atom stereocenters. The Morgan fingerprint density at radius 1 is 1.07 bits per heavy atom. The molecule has 6 aliphatic rings. The second kappa shape index (κ2) is 6.04. The number of aliphatic hydroxyl groups is 3. The standard InChI is InChI=1S/C21H30O3.C3H8O/c1-19-5-4-14-16(17(19)11-7-12(11)18(19)23)13-8-15(13)21(24)9-10(22)3-6-20(14,21)2;1-2-3-4/h11-18,23-24H,3-9H2,1-2H3;4H,2-3H2,1H3. The second-order valence-corrected chi connectivity index (χ2v) is 11.5. The van der Waals surface area contributed by atoms with Crippen LogP contribution in [0.5, 0.6) is 0 Å². The predicted molar refractivity (Wildman–Crippen MR) is 106 cm³/mol. The van der Waals surface area contributed by atoms with Crippen LogP contribution >= 0.6 is 0 Å². The minimum atomic E-state index is -0.734. The third-order valence-electron chi connectivity index (χ3n) is 10.4. The van der Waals surface area contributed by atoms with E-state index in [2.05, 4.69) is 13.8 Å². The molecule has 0 amide bonds. The molecule has 0 radical (unpaired) electrons. The van der Waals surface area contributed by atoms with Gasteiger partial charge in [-0.05, 0) is 85.4 Å². The molecule has 11 unspecified atom stereocenters. The normalized spacial score (nSPS) is 60.3. The summed E-state index contributed by atoms with van der Waals surface area (Å²) < 4.78 is 0. The van der Waals surface area contributed by atoms with Crippen LogP contribution in [0.2, 0.25) is 0 Å². The van der Waals surface area contributed by atoms with Gasteiger partial charge < -0.3 is 15.3 Å². The van der Waals surface area contributed by atoms with Gasteiger partial charge in [-0.2, -0.15) is 0 Å². The third-order valence-corrected chi connectivity index (χ3v) is 10.4. The maximum atomic E-state index is 12.1. The van der Waals surface area contributed by atoms with Gasteiger partial charge in [0.2, 0.25) is 0 Å². The lowest BCUT2D eigenvalue weighted by Gasteiger charge is -2.63. The van der Waals surface area contributed by atoms with Gasteiger partial charge in [0.15, 0.2) is 0 Å². The van der Waals surface area contributed by atoms with E-state index >= 15 is 0 Å². The monoisotopic (exact) mass is 390 g/mol. The van der Waals surface area contributed by atoms with Gasteiger partial charge in [0.25, 0.3) is 0 Å². The molecule has 0 bridgehead atoms. The number of hydrogen-bond acceptors (Lipinski definition) is 4. The minimum Gasteiger partial charge on any atom is -0.396 e. The van der Waals surface area contributed by atoms with Crippen molar-refractivity contribution in [2.75, 3.05) is 6.61 Å². The van der Waals surface area contributed by atoms with E-state index in [1.54, 1.807) is 0 Å². The summed E-state index contributed by atoms with van der Waals surface area (Å²) in [7, 11) is 0. The van der Waals surface area contributed by atoms with Gasteiger partial charge in [-0.25, -0.2) is 0 Å². The fourth-order valence-electron chi connectivity index (χ4n) is 8.90. The summed E-state index contributed by atoms with van der Waals surface area (Å²) in [6.07, 6.45) is 7.36. The van der Waals surface area contributed by atoms with Crippen molar-refractivity contribution in [1.82, 2.24) is 0 Å². The quantitative estimate of drug-likeness (QED) is 0.643. The topological polar surface area (TPSA) is 77.8 Å². The molecule has 6 aliphatic carbocycles. The molecule has 0 aromatic carbocycles. The van der Waals surface area contributed by atoms with Crippen LogP contribution in [0.15, 0.2) is 0 Å². The van der Waals surface area contributed by atoms with Crippen molar-refractivity contribution < 1.29 is 20.1 Å². The number of rotatable bonds is 1. The number of hydrogen-bond donors (Lipinski definition) is 3. The molecule has 3 N–H and O–H groups in total. The van der Waals surface area contributed by atoms with Gasteiger partial charge in [-0.15, -0.1) is 0 Å². The molecule has 0 aromatic heterocycles. The first kappa shape index (κ1) is 19.5. The Hall–Kier alpha value is -0.450. The molecule has 4 heteroatoms. The number of aliphatic hydroxyl groups excluding tert-OH is 2. The molecule has 0 aliphatic heterocycles. The summed E-state index contributed by atoms with van der Waals surface area (Å²) >= 11 is 0. The molecule has 158 valence electrons. The fraction of sp³-hybridized carbons (Fsp3) is 0.958. The Balaban J connectivity index is 0.000000393. The minimum absolute atomic E-state index is 0.0809. The average Bonchev–Trinajstić information content (AvgIpc) is 3.56. The zero-order valence-electron chi connectivity index (χ0n) is 17.7. The van der Waals surface area contributed by atoms with E-state index in [-0.39, 0.29) is 22.7 Å². The van der Waals surface area contributed by atoms with Gasteiger partial charge >= 0.3 is 0 Å². The fourth-order valence-corrected chi connectivity index (χ4v) is 8.90. The van der Waals surface area contributed by atoms with Crippen LogP contribution < -0.4 is 0 Å². The molecule has 0 saturated heterocycles. The van der Waals surface area contributed by atoms with Crippen molar-refractivity contribution in [2.24, 2.45) is 52.3 Å². The second-order valence-electron chi connectivity index (χ2n) is 11.5. The molecule has 6 fully saturated rings. The highest BCUT2D eigenvalue weighted by atomic mass is 16.3. The van der Waals surface area contributed by atoms with E-state index < -0.39 is 5.60 Å². The lowest BCUT2D eigenvalue weighted by Crippen LogP contribution is -2.64. The maximum Gasteiger partial charge on any atom is 0.135 e. The highest BCUT2D eigenvalue weighted by Crippen LogP contribution is 2.79. The Kier molecular flexibility index (Phi) is 4.21. The number of Topliss-reactive ketones (excluding diaryl/α,β-unsaturated/α-hetero) is 1. The SMILES string of the molecule is CC12CCC3C(C4CC4C4(O)CC(=O)CCC34C)C1C1CC1C2O.CCCO. The summed E-state index contributed by atoms with van der Waals surface area (Å²) in [6, 6.07) is 0. The van der Waals surface area contributed by atoms with E-state index in [0.29, 0.717) is 55.0 Å². The number of fused-ring (bicyclic) bond motifs is 10. The van der Waals surface area contributed by atoms with Crippen LogP contribution in [0.3, 0.4) is 0 Å². The third kappa shape index (κ3) is 2.26. The lowest BCUT2D eigenvalue weighted by atomic mass is 9.43. The first-order chi connectivity index (χ1) is 13.2. The van der Waals surface area contributed by atoms with Crippen molar-refractivity contribution >= 4 is 5.78 Å². The van der Waals surface area contributed by atoms with Crippen LogP contribution in [0.4, 0.5) is 0 Å². The predicted octanol–water partition coefficient (Wildman–Crippen LogP) is 3.17. The van der Waals surface area contributed by atoms with Gasteiger partial charge in [0, 0.05) is 24.9 Å². The first-order valence-electron chi connectivity index (χ1n) is 11.8. The average molecular weight is 391 g/mol. The van der Waals surface area contributed by atoms with Crippen LogP contribution in [0.25, 0.3) is 0 Å². The highest BCUT2D eigenvalue weighted by molar-refractivity contribution is 5.81. The Morgan fingerprint density at radius 2 is 1.79 bits per heavy atom. The molecule has 6 rings (SSSR count). The molecule has 6 saturated carbocycles. The summed E-state index contributed by atoms with van der Waals surface area (Å²) in [5.41, 5.74) is -0.692. The Bertz CT molecular complexity index is 676. The van der Waals surface area contributed by atoms with Crippen molar-refractivity contribution in [3.63, 3.8) is 0 Å². The largest absolute Gasteiger partial charge is 0.396 e. The Morgan fingerprint density at radius 3 is 2.46 bits per heavy atom. The molecule has 0 aromatic rings. The summed E-state index contributed by atoms with van der Waals surface area (Å²) in [4.78, 5) is 12.1. The van der Waals surface area contributed by atoms with Crippen molar-refractivity contribution in [3.05, 3.63) is 0 Å². The van der Waals surface area contributed by atoms with Crippen LogP contribution in [0.1, 0.15) is 72.1 Å². The number of carbonyl (C=O) groups excluding carboxylic acids is 1. The van der Waals surface area contributed by atoms with E-state index in [9.17, 15) is 15.0 Å².